The Kier molecular flexibility index (Phi) is 3.98. The van der Waals surface area contributed by atoms with Gasteiger partial charge in [-0.2, -0.15) is 5.10 Å². The maximum absolute atomic E-state index is 12.0. The van der Waals surface area contributed by atoms with Crippen LogP contribution in [-0.4, -0.2) is 29.8 Å². The van der Waals surface area contributed by atoms with Crippen LogP contribution in [0.2, 0.25) is 0 Å². The number of nitrogens with zero attached hydrogens (tertiary/aromatic N) is 2. The molecule has 19 heavy (non-hydrogen) atoms. The molecule has 102 valence electrons. The Morgan fingerprint density at radius 3 is 2.58 bits per heavy atom. The maximum atomic E-state index is 12.0. The zero-order valence-corrected chi connectivity index (χ0v) is 11.2. The van der Waals surface area contributed by atoms with Crippen LogP contribution in [0.5, 0.6) is 0 Å². The number of aliphatic hydroxyl groups excluding tert-OH is 1. The molecule has 0 aliphatic rings. The van der Waals surface area contributed by atoms with E-state index < -0.39 is 16.1 Å². The summed E-state index contributed by atoms with van der Waals surface area (Å²) in [5.74, 6) is 0. The van der Waals surface area contributed by atoms with E-state index in [-0.39, 0.29) is 11.6 Å². The molecule has 0 saturated heterocycles. The van der Waals surface area contributed by atoms with Gasteiger partial charge in [0.1, 0.15) is 0 Å². The minimum absolute atomic E-state index is 0.0627. The normalized spacial score (nSPS) is 13.4. The number of aliphatic hydroxyl groups is 1. The molecule has 6 nitrogen and oxygen atoms in total. The fourth-order valence-corrected chi connectivity index (χ4v) is 2.84. The zero-order chi connectivity index (χ0) is 13.9. The van der Waals surface area contributed by atoms with Crippen LogP contribution in [0.1, 0.15) is 11.7 Å². The number of nitrogens with one attached hydrogen (secondary N) is 1. The number of rotatable bonds is 5. The van der Waals surface area contributed by atoms with Crippen LogP contribution in [0.25, 0.3) is 0 Å². The first-order chi connectivity index (χ1) is 9.00. The second-order valence-corrected chi connectivity index (χ2v) is 5.79. The largest absolute Gasteiger partial charge is 0.387 e. The fourth-order valence-electron chi connectivity index (χ4n) is 1.68. The monoisotopic (exact) mass is 281 g/mol. The first kappa shape index (κ1) is 13.7. The van der Waals surface area contributed by atoms with Crippen molar-refractivity contribution in [1.82, 2.24) is 14.5 Å². The molecular formula is C12H15N3O3S. The van der Waals surface area contributed by atoms with Crippen molar-refractivity contribution in [1.29, 1.82) is 0 Å². The van der Waals surface area contributed by atoms with E-state index in [1.165, 1.54) is 16.9 Å². The molecule has 1 aromatic carbocycles. The summed E-state index contributed by atoms with van der Waals surface area (Å²) in [4.78, 5) is 0. The van der Waals surface area contributed by atoms with E-state index in [4.69, 9.17) is 0 Å². The predicted octanol–water partition coefficient (Wildman–Crippen LogP) is 0.432. The Labute approximate surface area is 111 Å². The first-order valence-corrected chi connectivity index (χ1v) is 7.20. The van der Waals surface area contributed by atoms with Crippen LogP contribution in [0.4, 0.5) is 0 Å². The molecule has 1 heterocycles. The van der Waals surface area contributed by atoms with Crippen molar-refractivity contribution in [3.05, 3.63) is 48.2 Å². The highest BCUT2D eigenvalue weighted by Crippen LogP contribution is 2.12. The van der Waals surface area contributed by atoms with Crippen LogP contribution >= 0.6 is 0 Å². The molecule has 0 aliphatic heterocycles. The molecule has 0 amide bonds. The van der Waals surface area contributed by atoms with Crippen molar-refractivity contribution < 1.29 is 13.5 Å². The highest BCUT2D eigenvalue weighted by Gasteiger charge is 2.19. The average Bonchev–Trinajstić information content (AvgIpc) is 2.84. The number of hydrogen-bond donors (Lipinski definition) is 2. The molecule has 1 unspecified atom stereocenters. The van der Waals surface area contributed by atoms with Gasteiger partial charge in [-0.05, 0) is 11.6 Å². The molecular weight excluding hydrogens is 266 g/mol. The Bertz CT molecular complexity index is 637. The van der Waals surface area contributed by atoms with Crippen LogP contribution in [0.15, 0.2) is 47.6 Å². The summed E-state index contributed by atoms with van der Waals surface area (Å²) >= 11 is 0. The van der Waals surface area contributed by atoms with Crippen LogP contribution in [-0.2, 0) is 17.1 Å². The van der Waals surface area contributed by atoms with E-state index in [1.807, 2.05) is 6.07 Å². The third kappa shape index (κ3) is 3.19. The molecule has 1 aromatic heterocycles. The standard InChI is InChI=1S/C12H15N3O3S/c1-15-12(7-8-13-15)19(17,18)14-9-11(16)10-5-3-2-4-6-10/h2-8,11,14,16H,9H2,1H3. The maximum Gasteiger partial charge on any atom is 0.257 e. The van der Waals surface area contributed by atoms with E-state index in [9.17, 15) is 13.5 Å². The fraction of sp³-hybridized carbons (Fsp3) is 0.250. The van der Waals surface area contributed by atoms with Crippen LogP contribution < -0.4 is 4.72 Å². The molecule has 2 aromatic rings. The predicted molar refractivity (Wildman–Crippen MR) is 69.8 cm³/mol. The minimum Gasteiger partial charge on any atom is -0.387 e. The quantitative estimate of drug-likeness (QED) is 0.832. The van der Waals surface area contributed by atoms with E-state index in [1.54, 1.807) is 31.3 Å². The molecule has 2 N–H and O–H groups in total. The van der Waals surface area contributed by atoms with E-state index in [0.717, 1.165) is 0 Å². The van der Waals surface area contributed by atoms with Gasteiger partial charge < -0.3 is 5.11 Å². The number of benzene rings is 1. The van der Waals surface area contributed by atoms with E-state index >= 15 is 0 Å². The lowest BCUT2D eigenvalue weighted by atomic mass is 10.1. The molecule has 0 spiro atoms. The number of aromatic nitrogens is 2. The van der Waals surface area contributed by atoms with Gasteiger partial charge in [-0.25, -0.2) is 13.1 Å². The van der Waals surface area contributed by atoms with Crippen molar-refractivity contribution in [2.24, 2.45) is 7.05 Å². The Balaban J connectivity index is 2.05. The average molecular weight is 281 g/mol. The Morgan fingerprint density at radius 1 is 1.32 bits per heavy atom. The Morgan fingerprint density at radius 2 is 2.00 bits per heavy atom. The first-order valence-electron chi connectivity index (χ1n) is 5.71. The number of aryl methyl sites for hydroxylation is 1. The van der Waals surface area contributed by atoms with E-state index in [0.29, 0.717) is 5.56 Å². The second-order valence-electron chi connectivity index (χ2n) is 4.07. The van der Waals surface area contributed by atoms with Gasteiger partial charge in [0.25, 0.3) is 10.0 Å². The van der Waals surface area contributed by atoms with Gasteiger partial charge in [0.2, 0.25) is 0 Å². The summed E-state index contributed by atoms with van der Waals surface area (Å²) in [6, 6.07) is 10.3. The lowest BCUT2D eigenvalue weighted by Crippen LogP contribution is -2.30. The zero-order valence-electron chi connectivity index (χ0n) is 10.4. The lowest BCUT2D eigenvalue weighted by molar-refractivity contribution is 0.182. The smallest absolute Gasteiger partial charge is 0.257 e. The topological polar surface area (TPSA) is 84.2 Å². The minimum atomic E-state index is -3.66. The molecule has 7 heteroatoms. The lowest BCUT2D eigenvalue weighted by Gasteiger charge is -2.12. The summed E-state index contributed by atoms with van der Waals surface area (Å²) in [5.41, 5.74) is 0.662. The SMILES string of the molecule is Cn1nccc1S(=O)(=O)NCC(O)c1ccccc1. The van der Waals surface area contributed by atoms with E-state index in [2.05, 4.69) is 9.82 Å². The summed E-state index contributed by atoms with van der Waals surface area (Å²) in [7, 11) is -2.12. The van der Waals surface area contributed by atoms with Gasteiger partial charge in [-0.3, -0.25) is 4.68 Å². The van der Waals surface area contributed by atoms with Crippen molar-refractivity contribution in [3.8, 4) is 0 Å². The number of sulfonamides is 1. The summed E-state index contributed by atoms with van der Waals surface area (Å²) in [6.07, 6.45) is 0.520. The molecule has 0 saturated carbocycles. The summed E-state index contributed by atoms with van der Waals surface area (Å²) in [5, 5.41) is 13.8. The molecule has 1 atom stereocenters. The highest BCUT2D eigenvalue weighted by molar-refractivity contribution is 7.89. The van der Waals surface area contributed by atoms with Crippen LogP contribution in [0, 0.1) is 0 Å². The molecule has 0 aliphatic carbocycles. The van der Waals surface area contributed by atoms with Gasteiger partial charge in [-0.1, -0.05) is 30.3 Å². The summed E-state index contributed by atoms with van der Waals surface area (Å²) in [6.45, 7) is -0.0858. The van der Waals surface area contributed by atoms with Crippen molar-refractivity contribution in [3.63, 3.8) is 0 Å². The second kappa shape index (κ2) is 5.52. The summed E-state index contributed by atoms with van der Waals surface area (Å²) < 4.78 is 27.6. The van der Waals surface area contributed by atoms with Crippen LogP contribution in [0.3, 0.4) is 0 Å². The molecule has 0 radical (unpaired) electrons. The van der Waals surface area contributed by atoms with Gasteiger partial charge in [0.15, 0.2) is 5.03 Å². The number of hydrogen-bond acceptors (Lipinski definition) is 4. The van der Waals surface area contributed by atoms with Crippen molar-refractivity contribution >= 4 is 10.0 Å². The van der Waals surface area contributed by atoms with Crippen molar-refractivity contribution in [2.45, 2.75) is 11.1 Å². The third-order valence-electron chi connectivity index (χ3n) is 2.70. The van der Waals surface area contributed by atoms with Gasteiger partial charge >= 0.3 is 0 Å². The molecule has 2 rings (SSSR count). The van der Waals surface area contributed by atoms with Crippen molar-refractivity contribution in [2.75, 3.05) is 6.54 Å². The molecule has 0 bridgehead atoms. The highest BCUT2D eigenvalue weighted by atomic mass is 32.2. The third-order valence-corrected chi connectivity index (χ3v) is 4.20. The molecule has 0 fully saturated rings. The van der Waals surface area contributed by atoms with Gasteiger partial charge in [0, 0.05) is 13.6 Å². The van der Waals surface area contributed by atoms with Gasteiger partial charge in [-0.15, -0.1) is 0 Å². The Hall–Kier alpha value is -1.70. The van der Waals surface area contributed by atoms with Gasteiger partial charge in [0.05, 0.1) is 12.3 Å².